The van der Waals surface area contributed by atoms with Gasteiger partial charge in [0.2, 0.25) is 0 Å². The van der Waals surface area contributed by atoms with Crippen LogP contribution in [0.15, 0.2) is 0 Å². The van der Waals surface area contributed by atoms with Crippen LogP contribution in [0.2, 0.25) is 0 Å². The lowest BCUT2D eigenvalue weighted by molar-refractivity contribution is 0.0180. The van der Waals surface area contributed by atoms with Crippen molar-refractivity contribution in [3.8, 4) is 0 Å². The van der Waals surface area contributed by atoms with Crippen molar-refractivity contribution in [3.63, 3.8) is 0 Å². The van der Waals surface area contributed by atoms with Crippen LogP contribution in [-0.2, 0) is 0 Å². The van der Waals surface area contributed by atoms with Crippen molar-refractivity contribution in [2.45, 2.75) is 25.3 Å². The summed E-state index contributed by atoms with van der Waals surface area (Å²) >= 11 is 3.85. The second-order valence-corrected chi connectivity index (χ2v) is 3.02. The molecule has 1 atom stereocenters. The zero-order chi connectivity index (χ0) is 7.07. The zero-order valence-corrected chi connectivity index (χ0v) is 6.04. The molecular weight excluding hydrogens is 144 g/mol. The first-order valence-electron chi connectivity index (χ1n) is 2.85. The molecule has 0 amide bonds. The van der Waals surface area contributed by atoms with Crippen LogP contribution in [0, 0.1) is 0 Å². The van der Waals surface area contributed by atoms with Crippen molar-refractivity contribution in [2.24, 2.45) is 0 Å². The predicted molar refractivity (Wildman–Crippen MR) is 34.7 cm³/mol. The van der Waals surface area contributed by atoms with E-state index in [1.54, 1.807) is 6.92 Å². The van der Waals surface area contributed by atoms with Crippen LogP contribution in [0.5, 0.6) is 0 Å². The van der Waals surface area contributed by atoms with E-state index in [0.29, 0.717) is 0 Å². The fraction of sp³-hybridized carbons (Fsp3) is 1.00. The van der Waals surface area contributed by atoms with E-state index in [9.17, 15) is 8.78 Å². The molecule has 0 aromatic heterocycles. The molecule has 1 aliphatic heterocycles. The lowest BCUT2D eigenvalue weighted by Gasteiger charge is -2.09. The fourth-order valence-corrected chi connectivity index (χ4v) is 1.28. The van der Waals surface area contributed by atoms with Crippen molar-refractivity contribution in [1.29, 1.82) is 0 Å². The normalized spacial score (nSPS) is 35.3. The first-order chi connectivity index (χ1) is 4.01. The van der Waals surface area contributed by atoms with Gasteiger partial charge in [0.05, 0.1) is 6.54 Å². The van der Waals surface area contributed by atoms with Gasteiger partial charge in [0.1, 0.15) is 0 Å². The minimum Gasteiger partial charge on any atom is -0.244 e. The van der Waals surface area contributed by atoms with Crippen LogP contribution < -0.4 is 0 Å². The van der Waals surface area contributed by atoms with E-state index in [0.717, 1.165) is 0 Å². The molecule has 0 bridgehead atoms. The molecule has 1 heterocycles. The fourth-order valence-electron chi connectivity index (χ4n) is 0.995. The maximum Gasteiger partial charge on any atom is 0.263 e. The molecular formula is C5H9F2NS. The molecule has 1 unspecified atom stereocenters. The quantitative estimate of drug-likeness (QED) is 0.517. The third kappa shape index (κ3) is 1.55. The molecule has 1 fully saturated rings. The summed E-state index contributed by atoms with van der Waals surface area (Å²) in [7, 11) is 0. The Kier molecular flexibility index (Phi) is 1.69. The topological polar surface area (TPSA) is 3.24 Å². The summed E-state index contributed by atoms with van der Waals surface area (Å²) in [5.74, 6) is -2.51. The lowest BCUT2D eigenvalue weighted by Crippen LogP contribution is -2.19. The highest BCUT2D eigenvalue weighted by Crippen LogP contribution is 2.32. The van der Waals surface area contributed by atoms with Crippen LogP contribution >= 0.6 is 12.8 Å². The van der Waals surface area contributed by atoms with Gasteiger partial charge in [0, 0.05) is 12.5 Å². The molecule has 54 valence electrons. The van der Waals surface area contributed by atoms with Crippen LogP contribution in [0.4, 0.5) is 8.78 Å². The molecule has 0 aliphatic carbocycles. The molecule has 1 rings (SSSR count). The van der Waals surface area contributed by atoms with E-state index in [1.165, 1.54) is 4.31 Å². The molecule has 0 saturated carbocycles. The number of thiol groups is 1. The molecule has 0 radical (unpaired) electrons. The van der Waals surface area contributed by atoms with Crippen molar-refractivity contribution >= 4 is 12.8 Å². The van der Waals surface area contributed by atoms with Crippen molar-refractivity contribution in [1.82, 2.24) is 4.31 Å². The molecule has 4 heteroatoms. The van der Waals surface area contributed by atoms with Crippen LogP contribution in [0.3, 0.4) is 0 Å². The van der Waals surface area contributed by atoms with Gasteiger partial charge in [-0.05, 0) is 6.92 Å². The van der Waals surface area contributed by atoms with Gasteiger partial charge in [-0.15, -0.1) is 0 Å². The summed E-state index contributed by atoms with van der Waals surface area (Å²) in [5.41, 5.74) is 0. The largest absolute Gasteiger partial charge is 0.263 e. The Bertz CT molecular complexity index is 106. The molecule has 0 aromatic carbocycles. The van der Waals surface area contributed by atoms with Gasteiger partial charge < -0.3 is 0 Å². The predicted octanol–water partition coefficient (Wildman–Crippen LogP) is 1.56. The Morgan fingerprint density at radius 3 is 2.33 bits per heavy atom. The third-order valence-corrected chi connectivity index (χ3v) is 2.03. The van der Waals surface area contributed by atoms with E-state index in [1.807, 2.05) is 0 Å². The number of halogens is 2. The second-order valence-electron chi connectivity index (χ2n) is 2.51. The highest BCUT2D eigenvalue weighted by Gasteiger charge is 2.41. The molecule has 1 nitrogen and oxygen atoms in total. The van der Waals surface area contributed by atoms with E-state index in [-0.39, 0.29) is 19.0 Å². The number of hydrogen-bond acceptors (Lipinski definition) is 2. The molecule has 0 aromatic rings. The monoisotopic (exact) mass is 153 g/mol. The van der Waals surface area contributed by atoms with E-state index in [4.69, 9.17) is 0 Å². The maximum absolute atomic E-state index is 12.4. The van der Waals surface area contributed by atoms with Gasteiger partial charge in [-0.1, -0.05) is 12.8 Å². The summed E-state index contributed by atoms with van der Waals surface area (Å²) in [4.78, 5) is 0. The highest BCUT2D eigenvalue weighted by atomic mass is 32.1. The maximum atomic E-state index is 12.4. The summed E-state index contributed by atoms with van der Waals surface area (Å²) in [6.07, 6.45) is -0.0590. The smallest absolute Gasteiger partial charge is 0.244 e. The van der Waals surface area contributed by atoms with Crippen LogP contribution in [0.25, 0.3) is 0 Å². The SMILES string of the molecule is CC1CC(F)(F)CN1S. The van der Waals surface area contributed by atoms with Gasteiger partial charge in [-0.3, -0.25) is 0 Å². The van der Waals surface area contributed by atoms with Gasteiger partial charge in [-0.25, -0.2) is 13.1 Å². The molecule has 0 spiro atoms. The number of nitrogens with zero attached hydrogens (tertiary/aromatic N) is 1. The number of alkyl halides is 2. The first-order valence-corrected chi connectivity index (χ1v) is 3.25. The Morgan fingerprint density at radius 1 is 1.67 bits per heavy atom. The van der Waals surface area contributed by atoms with Crippen molar-refractivity contribution in [3.05, 3.63) is 0 Å². The summed E-state index contributed by atoms with van der Waals surface area (Å²) in [6.45, 7) is 1.53. The van der Waals surface area contributed by atoms with Gasteiger partial charge in [0.15, 0.2) is 0 Å². The summed E-state index contributed by atoms with van der Waals surface area (Å²) in [5, 5.41) is 0. The lowest BCUT2D eigenvalue weighted by atomic mass is 10.2. The van der Waals surface area contributed by atoms with Gasteiger partial charge in [0.25, 0.3) is 5.92 Å². The molecule has 1 aliphatic rings. The van der Waals surface area contributed by atoms with Crippen LogP contribution in [-0.4, -0.2) is 22.8 Å². The van der Waals surface area contributed by atoms with E-state index >= 15 is 0 Å². The summed E-state index contributed by atoms with van der Waals surface area (Å²) in [6, 6.07) is -0.0941. The Morgan fingerprint density at radius 2 is 2.22 bits per heavy atom. The second kappa shape index (κ2) is 2.09. The third-order valence-electron chi connectivity index (χ3n) is 1.50. The van der Waals surface area contributed by atoms with E-state index in [2.05, 4.69) is 12.8 Å². The zero-order valence-electron chi connectivity index (χ0n) is 5.14. The minimum atomic E-state index is -2.51. The minimum absolute atomic E-state index is 0.0590. The Balaban J connectivity index is 2.54. The number of rotatable bonds is 0. The molecule has 9 heavy (non-hydrogen) atoms. The molecule has 0 N–H and O–H groups in total. The average Bonchev–Trinajstić information content (AvgIpc) is 1.79. The standard InChI is InChI=1S/C5H9F2NS/c1-4-2-5(6,7)3-8(4)9/h4,9H,2-3H2,1H3. The van der Waals surface area contributed by atoms with E-state index < -0.39 is 5.92 Å². The van der Waals surface area contributed by atoms with Crippen molar-refractivity contribution in [2.75, 3.05) is 6.54 Å². The van der Waals surface area contributed by atoms with Gasteiger partial charge >= 0.3 is 0 Å². The number of hydrogen-bond donors (Lipinski definition) is 1. The van der Waals surface area contributed by atoms with Gasteiger partial charge in [-0.2, -0.15) is 0 Å². The summed E-state index contributed by atoms with van der Waals surface area (Å²) < 4.78 is 26.1. The first kappa shape index (κ1) is 7.28. The Labute approximate surface area is 58.6 Å². The van der Waals surface area contributed by atoms with Crippen LogP contribution in [0.1, 0.15) is 13.3 Å². The Hall–Kier alpha value is 0.170. The highest BCUT2D eigenvalue weighted by molar-refractivity contribution is 7.77. The molecule has 1 saturated heterocycles. The average molecular weight is 153 g/mol. The van der Waals surface area contributed by atoms with Crippen molar-refractivity contribution < 1.29 is 8.78 Å².